The van der Waals surface area contributed by atoms with Crippen LogP contribution in [0.3, 0.4) is 0 Å². The smallest absolute Gasteiger partial charge is 0.158 e. The Balaban J connectivity index is 1.76. The second-order valence-corrected chi connectivity index (χ2v) is 6.22. The number of fused-ring (bicyclic) bond motifs is 1. The number of pyridine rings is 1. The van der Waals surface area contributed by atoms with Crippen LogP contribution in [0.1, 0.15) is 11.4 Å². The molecule has 1 aliphatic heterocycles. The van der Waals surface area contributed by atoms with Crippen molar-refractivity contribution in [2.45, 2.75) is 18.6 Å². The van der Waals surface area contributed by atoms with Crippen molar-refractivity contribution in [3.8, 4) is 11.1 Å². The van der Waals surface area contributed by atoms with E-state index in [-0.39, 0.29) is 6.17 Å². The molecule has 0 saturated carbocycles. The summed E-state index contributed by atoms with van der Waals surface area (Å²) in [6.45, 7) is 2.07. The number of aliphatic imine (C=N–C) groups is 1. The van der Waals surface area contributed by atoms with E-state index < -0.39 is 5.54 Å². The predicted octanol–water partition coefficient (Wildman–Crippen LogP) is 2.08. The van der Waals surface area contributed by atoms with Crippen LogP contribution in [0.15, 0.2) is 60.0 Å². The first-order chi connectivity index (χ1) is 12.0. The van der Waals surface area contributed by atoms with Crippen LogP contribution in [0.4, 0.5) is 0 Å². The van der Waals surface area contributed by atoms with Gasteiger partial charge in [0.05, 0.1) is 5.52 Å². The molecule has 25 heavy (non-hydrogen) atoms. The van der Waals surface area contributed by atoms with Crippen molar-refractivity contribution < 1.29 is 0 Å². The summed E-state index contributed by atoms with van der Waals surface area (Å²) >= 11 is 0. The quantitative estimate of drug-likeness (QED) is 0.700. The molecule has 4 rings (SSSR count). The summed E-state index contributed by atoms with van der Waals surface area (Å²) in [6.07, 6.45) is 10.2. The Bertz CT molecular complexity index is 994. The van der Waals surface area contributed by atoms with E-state index >= 15 is 0 Å². The van der Waals surface area contributed by atoms with Crippen molar-refractivity contribution in [2.75, 3.05) is 0 Å². The summed E-state index contributed by atoms with van der Waals surface area (Å²) < 4.78 is 0. The molecule has 6 nitrogen and oxygen atoms in total. The van der Waals surface area contributed by atoms with Gasteiger partial charge in [0.25, 0.3) is 0 Å². The lowest BCUT2D eigenvalue weighted by Crippen LogP contribution is -2.41. The number of hydrogen-bond acceptors (Lipinski definition) is 6. The van der Waals surface area contributed by atoms with E-state index in [1.807, 2.05) is 24.4 Å². The normalized spacial score (nSPS) is 22.4. The Labute approximate surface area is 145 Å². The van der Waals surface area contributed by atoms with E-state index in [0.717, 1.165) is 22.0 Å². The molecule has 124 valence electrons. The molecule has 4 N–H and O–H groups in total. The Kier molecular flexibility index (Phi) is 3.63. The van der Waals surface area contributed by atoms with Crippen molar-refractivity contribution in [2.24, 2.45) is 16.5 Å². The highest BCUT2D eigenvalue weighted by molar-refractivity contribution is 5.85. The lowest BCUT2D eigenvalue weighted by molar-refractivity contribution is 0.677. The first-order valence-corrected chi connectivity index (χ1v) is 8.02. The monoisotopic (exact) mass is 330 g/mol. The highest BCUT2D eigenvalue weighted by Crippen LogP contribution is 2.26. The fourth-order valence-corrected chi connectivity index (χ4v) is 2.87. The maximum absolute atomic E-state index is 6.35. The van der Waals surface area contributed by atoms with Gasteiger partial charge in [0.1, 0.15) is 11.7 Å². The van der Waals surface area contributed by atoms with Crippen LogP contribution in [0, 0.1) is 6.92 Å². The maximum atomic E-state index is 6.35. The molecule has 2 aromatic heterocycles. The van der Waals surface area contributed by atoms with Gasteiger partial charge in [-0.2, -0.15) is 0 Å². The Morgan fingerprint density at radius 2 is 2.04 bits per heavy atom. The van der Waals surface area contributed by atoms with Crippen molar-refractivity contribution in [3.63, 3.8) is 0 Å². The van der Waals surface area contributed by atoms with Gasteiger partial charge in [-0.25, -0.2) is 9.97 Å². The minimum absolute atomic E-state index is 0.359. The Hall–Kier alpha value is -2.96. The molecule has 0 aliphatic carbocycles. The molecule has 1 aliphatic rings. The largest absolute Gasteiger partial charge is 0.311 e. The van der Waals surface area contributed by atoms with Crippen LogP contribution in [-0.2, 0) is 5.54 Å². The number of hydrogen-bond donors (Lipinski definition) is 2. The number of aromatic nitrogens is 3. The molecular weight excluding hydrogens is 312 g/mol. The zero-order valence-electron chi connectivity index (χ0n) is 13.8. The second-order valence-electron chi connectivity index (χ2n) is 6.22. The number of benzene rings is 1. The number of rotatable bonds is 2. The fourth-order valence-electron chi connectivity index (χ4n) is 2.87. The van der Waals surface area contributed by atoms with Gasteiger partial charge in [-0.15, -0.1) is 0 Å². The summed E-state index contributed by atoms with van der Waals surface area (Å²) in [5, 5.41) is 0.946. The first-order valence-electron chi connectivity index (χ1n) is 8.02. The summed E-state index contributed by atoms with van der Waals surface area (Å²) in [6, 6.07) is 8.07. The molecule has 0 saturated heterocycles. The molecule has 0 spiro atoms. The standard InChI is InChI=1S/C19H18N6/c1-12-5-7-22-10-15(12)13-2-3-16-14(8-13)9-23-18(25-16)19(21)6-4-17(20)24-11-19/h2-11,17H,20-21H2,1H3. The fraction of sp³-hybridized carbons (Fsp3) is 0.158. The van der Waals surface area contributed by atoms with E-state index in [9.17, 15) is 0 Å². The molecule has 0 amide bonds. The van der Waals surface area contributed by atoms with Crippen LogP contribution >= 0.6 is 0 Å². The van der Waals surface area contributed by atoms with Crippen LogP contribution in [0.5, 0.6) is 0 Å². The minimum atomic E-state index is -0.928. The van der Waals surface area contributed by atoms with E-state index in [2.05, 4.69) is 32.9 Å². The molecule has 0 fully saturated rings. The van der Waals surface area contributed by atoms with Gasteiger partial charge in [0, 0.05) is 35.8 Å². The summed E-state index contributed by atoms with van der Waals surface area (Å²) in [4.78, 5) is 17.4. The van der Waals surface area contributed by atoms with E-state index in [0.29, 0.717) is 5.82 Å². The molecule has 6 heteroatoms. The lowest BCUT2D eigenvalue weighted by Gasteiger charge is -2.23. The molecular formula is C19H18N6. The second kappa shape index (κ2) is 5.84. The van der Waals surface area contributed by atoms with Gasteiger partial charge < -0.3 is 11.5 Å². The average molecular weight is 330 g/mol. The molecule has 3 aromatic rings. The van der Waals surface area contributed by atoms with Gasteiger partial charge in [-0.05, 0) is 42.3 Å². The summed E-state index contributed by atoms with van der Waals surface area (Å²) in [7, 11) is 0. The maximum Gasteiger partial charge on any atom is 0.158 e. The van der Waals surface area contributed by atoms with Crippen molar-refractivity contribution in [3.05, 3.63) is 66.4 Å². The average Bonchev–Trinajstić information content (AvgIpc) is 2.64. The first kappa shape index (κ1) is 15.6. The third-order valence-electron chi connectivity index (χ3n) is 4.35. The summed E-state index contributed by atoms with van der Waals surface area (Å²) in [5.74, 6) is 0.497. The lowest BCUT2D eigenvalue weighted by atomic mass is 9.97. The number of aryl methyl sites for hydroxylation is 1. The topological polar surface area (TPSA) is 103 Å². The zero-order chi connectivity index (χ0) is 17.4. The highest BCUT2D eigenvalue weighted by atomic mass is 15.0. The van der Waals surface area contributed by atoms with Crippen LogP contribution < -0.4 is 11.5 Å². The number of dihydropyridines is 1. The molecule has 0 radical (unpaired) electrons. The van der Waals surface area contributed by atoms with Crippen LogP contribution in [-0.4, -0.2) is 27.3 Å². The highest BCUT2D eigenvalue weighted by Gasteiger charge is 2.28. The Morgan fingerprint density at radius 1 is 1.16 bits per heavy atom. The van der Waals surface area contributed by atoms with E-state index in [1.165, 1.54) is 5.56 Å². The van der Waals surface area contributed by atoms with Crippen molar-refractivity contribution in [1.82, 2.24) is 15.0 Å². The third-order valence-corrected chi connectivity index (χ3v) is 4.35. The molecule has 2 unspecified atom stereocenters. The zero-order valence-corrected chi connectivity index (χ0v) is 13.8. The molecule has 3 heterocycles. The SMILES string of the molecule is Cc1ccncc1-c1ccc2nc(C3(N)C=CC(N)N=C3)ncc2c1. The van der Waals surface area contributed by atoms with Crippen LogP contribution in [0.25, 0.3) is 22.0 Å². The number of nitrogens with zero attached hydrogens (tertiary/aromatic N) is 4. The van der Waals surface area contributed by atoms with E-state index in [4.69, 9.17) is 11.5 Å². The van der Waals surface area contributed by atoms with Crippen LogP contribution in [0.2, 0.25) is 0 Å². The number of nitrogens with two attached hydrogens (primary N) is 2. The van der Waals surface area contributed by atoms with Crippen molar-refractivity contribution >= 4 is 17.1 Å². The van der Waals surface area contributed by atoms with Gasteiger partial charge in [0.15, 0.2) is 5.82 Å². The third kappa shape index (κ3) is 2.82. The van der Waals surface area contributed by atoms with Crippen molar-refractivity contribution in [1.29, 1.82) is 0 Å². The van der Waals surface area contributed by atoms with Gasteiger partial charge in [-0.1, -0.05) is 12.1 Å². The van der Waals surface area contributed by atoms with E-state index in [1.54, 1.807) is 30.8 Å². The van der Waals surface area contributed by atoms with Gasteiger partial charge in [0.2, 0.25) is 0 Å². The van der Waals surface area contributed by atoms with Gasteiger partial charge >= 0.3 is 0 Å². The molecule has 1 aromatic carbocycles. The van der Waals surface area contributed by atoms with Gasteiger partial charge in [-0.3, -0.25) is 9.98 Å². The molecule has 2 atom stereocenters. The summed E-state index contributed by atoms with van der Waals surface area (Å²) in [5.41, 5.74) is 15.3. The predicted molar refractivity (Wildman–Crippen MR) is 99.0 cm³/mol. The Morgan fingerprint density at radius 3 is 2.80 bits per heavy atom. The molecule has 0 bridgehead atoms. The minimum Gasteiger partial charge on any atom is -0.311 e.